The van der Waals surface area contributed by atoms with Crippen LogP contribution in [0.15, 0.2) is 0 Å². The van der Waals surface area contributed by atoms with Crippen molar-refractivity contribution in [2.75, 3.05) is 0 Å². The van der Waals surface area contributed by atoms with Crippen LogP contribution < -0.4 is 0 Å². The second-order valence-corrected chi connectivity index (χ2v) is 1.44. The van der Waals surface area contributed by atoms with Crippen molar-refractivity contribution in [3.8, 4) is 0 Å². The van der Waals surface area contributed by atoms with E-state index in [1.165, 1.54) is 0 Å². The van der Waals surface area contributed by atoms with E-state index in [-0.39, 0.29) is 0 Å². The van der Waals surface area contributed by atoms with Crippen molar-refractivity contribution in [1.82, 2.24) is 0 Å². The molecule has 1 atom stereocenters. The van der Waals surface area contributed by atoms with Crippen LogP contribution in [0.25, 0.3) is 0 Å². The van der Waals surface area contributed by atoms with Gasteiger partial charge in [0.2, 0.25) is 0 Å². The smallest absolute Gasteiger partial charge is 0.259 e. The fraction of sp³-hybridized carbons (Fsp3) is 0.500. The molecule has 7 heavy (non-hydrogen) atoms. The number of rotatable bonds is 2. The van der Waals surface area contributed by atoms with Crippen molar-refractivity contribution >= 4 is 11.0 Å². The molecule has 0 aromatic rings. The molecular weight excluding hydrogens is 120 g/mol. The molecule has 0 saturated heterocycles. The van der Waals surface area contributed by atoms with Gasteiger partial charge in [0.25, 0.3) is 11.0 Å². The molecule has 5 heteroatoms. The lowest BCUT2D eigenvalue weighted by molar-refractivity contribution is 0.0324. The van der Waals surface area contributed by atoms with E-state index in [0.717, 1.165) is 0 Å². The second-order valence-electron chi connectivity index (χ2n) is 0.784. The molecule has 43 valence electrons. The minimum Gasteiger partial charge on any atom is -0.367 e. The van der Waals surface area contributed by atoms with Crippen molar-refractivity contribution in [3.63, 3.8) is 0 Å². The first-order valence-electron chi connectivity index (χ1n) is 1.45. The van der Waals surface area contributed by atoms with Crippen LogP contribution in [0, 0.1) is 6.92 Å². The maximum Gasteiger partial charge on any atom is 0.259 e. The highest BCUT2D eigenvalue weighted by molar-refractivity contribution is 7.67. The van der Waals surface area contributed by atoms with E-state index in [1.54, 1.807) is 0 Å². The fourth-order valence-corrected chi connectivity index (χ4v) is 0.298. The van der Waals surface area contributed by atoms with Crippen LogP contribution in [-0.4, -0.2) is 19.8 Å². The van der Waals surface area contributed by atoms with E-state index in [2.05, 4.69) is 11.1 Å². The average molecular weight is 125 g/mol. The number of thiol groups is 1. The van der Waals surface area contributed by atoms with Crippen LogP contribution >= 0.6 is 0 Å². The zero-order valence-electron chi connectivity index (χ0n) is 3.40. The first-order valence-corrected chi connectivity index (χ1v) is 2.55. The maximum atomic E-state index is 9.42. The number of aliphatic hydroxyl groups excluding tert-OH is 1. The molecule has 0 saturated carbocycles. The van der Waals surface area contributed by atoms with E-state index in [0.29, 0.717) is 0 Å². The van der Waals surface area contributed by atoms with Gasteiger partial charge in [-0.1, -0.05) is 0 Å². The van der Waals surface area contributed by atoms with Crippen LogP contribution in [0.5, 0.6) is 0 Å². The highest BCUT2D eigenvalue weighted by Gasteiger charge is 1.91. The number of hydrogen-bond donors (Lipinski definition) is 2. The van der Waals surface area contributed by atoms with Gasteiger partial charge in [-0.05, 0) is 0 Å². The Labute approximate surface area is 42.9 Å². The molecular formula is C2H5O4S. The van der Waals surface area contributed by atoms with Gasteiger partial charge in [0.15, 0.2) is 6.29 Å². The van der Waals surface area contributed by atoms with Crippen LogP contribution in [-0.2, 0) is 15.2 Å². The summed E-state index contributed by atoms with van der Waals surface area (Å²) >= 11 is 0. The molecule has 0 aromatic carbocycles. The summed E-state index contributed by atoms with van der Waals surface area (Å²) in [6.45, 7) is 2.83. The summed E-state index contributed by atoms with van der Waals surface area (Å²) in [5.41, 5.74) is 0. The maximum absolute atomic E-state index is 9.42. The molecule has 1 unspecified atom stereocenters. The van der Waals surface area contributed by atoms with E-state index in [4.69, 9.17) is 5.11 Å². The molecule has 0 aliphatic heterocycles. The minimum absolute atomic E-state index is 1.47. The molecule has 0 heterocycles. The van der Waals surface area contributed by atoms with Gasteiger partial charge >= 0.3 is 0 Å². The zero-order chi connectivity index (χ0) is 5.86. The lowest BCUT2D eigenvalue weighted by Gasteiger charge is -1.93. The highest BCUT2D eigenvalue weighted by atomic mass is 32.2. The van der Waals surface area contributed by atoms with Crippen molar-refractivity contribution in [1.29, 1.82) is 0 Å². The summed E-state index contributed by atoms with van der Waals surface area (Å²) in [5.74, 6) is 0. The molecule has 0 fully saturated rings. The molecule has 0 aliphatic carbocycles. The van der Waals surface area contributed by atoms with Crippen molar-refractivity contribution in [2.24, 2.45) is 0 Å². The second kappa shape index (κ2) is 2.95. The third kappa shape index (κ3) is 5.87. The van der Waals surface area contributed by atoms with Gasteiger partial charge in [-0.2, -0.15) is 0 Å². The van der Waals surface area contributed by atoms with Gasteiger partial charge in [0.05, 0.1) is 0 Å². The summed E-state index contributed by atoms with van der Waals surface area (Å²) < 4.78 is 22.5. The standard InChI is InChI=1S/C2H5O4S/c1-2(3)6-7(4)5/h2-3,7H,1H2. The fourth-order valence-electron chi connectivity index (χ4n) is 0.0993. The van der Waals surface area contributed by atoms with Gasteiger partial charge in [-0.25, -0.2) is 12.6 Å². The molecule has 0 aliphatic rings. The van der Waals surface area contributed by atoms with Gasteiger partial charge < -0.3 is 5.11 Å². The molecule has 1 radical (unpaired) electrons. The Morgan fingerprint density at radius 1 is 1.71 bits per heavy atom. The minimum atomic E-state index is -2.95. The molecule has 4 nitrogen and oxygen atoms in total. The first kappa shape index (κ1) is 6.87. The first-order chi connectivity index (χ1) is 3.13. The molecule has 1 N–H and O–H groups in total. The Morgan fingerprint density at radius 3 is 2.14 bits per heavy atom. The average Bonchev–Trinajstić information content (AvgIpc) is 1.27. The number of aliphatic hydroxyl groups is 1. The van der Waals surface area contributed by atoms with E-state index in [9.17, 15) is 8.42 Å². The van der Waals surface area contributed by atoms with Crippen molar-refractivity contribution < 1.29 is 17.7 Å². The Balaban J connectivity index is 3.32. The Morgan fingerprint density at radius 2 is 2.14 bits per heavy atom. The largest absolute Gasteiger partial charge is 0.367 e. The van der Waals surface area contributed by atoms with Crippen LogP contribution in [0.2, 0.25) is 0 Å². The Hall–Kier alpha value is -0.130. The summed E-state index contributed by atoms with van der Waals surface area (Å²) in [4.78, 5) is 0. The monoisotopic (exact) mass is 125 g/mol. The summed E-state index contributed by atoms with van der Waals surface area (Å²) in [6, 6.07) is 0. The van der Waals surface area contributed by atoms with Crippen LogP contribution in [0.1, 0.15) is 0 Å². The van der Waals surface area contributed by atoms with Gasteiger partial charge in [0, 0.05) is 6.92 Å². The lowest BCUT2D eigenvalue weighted by Crippen LogP contribution is -2.03. The van der Waals surface area contributed by atoms with E-state index in [1.807, 2.05) is 0 Å². The molecule has 0 rings (SSSR count). The Bertz CT molecular complexity index is 96.3. The summed E-state index contributed by atoms with van der Waals surface area (Å²) in [6.07, 6.45) is -1.47. The highest BCUT2D eigenvalue weighted by Crippen LogP contribution is 1.79. The van der Waals surface area contributed by atoms with Crippen LogP contribution in [0.4, 0.5) is 0 Å². The van der Waals surface area contributed by atoms with E-state index < -0.39 is 17.3 Å². The SMILES string of the molecule is [CH2]C(O)O[SH](=O)=O. The predicted octanol–water partition coefficient (Wildman–Crippen LogP) is -1.32. The molecule has 0 bridgehead atoms. The van der Waals surface area contributed by atoms with Gasteiger partial charge in [-0.15, -0.1) is 0 Å². The third-order valence-electron chi connectivity index (χ3n) is 0.208. The number of hydrogen-bond acceptors (Lipinski definition) is 4. The topological polar surface area (TPSA) is 63.6 Å². The van der Waals surface area contributed by atoms with Crippen molar-refractivity contribution in [3.05, 3.63) is 6.92 Å². The van der Waals surface area contributed by atoms with Gasteiger partial charge in [0.1, 0.15) is 0 Å². The summed E-state index contributed by atoms with van der Waals surface area (Å²) in [5, 5.41) is 8.01. The third-order valence-corrected chi connectivity index (χ3v) is 0.623. The zero-order valence-corrected chi connectivity index (χ0v) is 4.30. The molecule has 0 amide bonds. The molecule has 0 aromatic heterocycles. The molecule has 0 spiro atoms. The van der Waals surface area contributed by atoms with Gasteiger partial charge in [-0.3, -0.25) is 0 Å². The summed E-state index contributed by atoms with van der Waals surface area (Å²) in [7, 11) is -2.95. The van der Waals surface area contributed by atoms with E-state index >= 15 is 0 Å². The van der Waals surface area contributed by atoms with Crippen molar-refractivity contribution in [2.45, 2.75) is 6.29 Å². The normalized spacial score (nSPS) is 14.7. The van der Waals surface area contributed by atoms with Crippen LogP contribution in [0.3, 0.4) is 0 Å². The quantitative estimate of drug-likeness (QED) is 0.355. The predicted molar refractivity (Wildman–Crippen MR) is 22.8 cm³/mol. The lowest BCUT2D eigenvalue weighted by atomic mass is 10.8. The Kier molecular flexibility index (Phi) is 2.89.